The number of likely N-dealkylation sites (N-methyl/N-ethyl adjacent to an activating group) is 1. The number of nitrogens with zero attached hydrogens (tertiary/aromatic N) is 2. The summed E-state index contributed by atoms with van der Waals surface area (Å²) in [5.74, 6) is -0.0773. The Hall–Kier alpha value is -1.08. The molecule has 0 bridgehead atoms. The molecule has 1 fully saturated rings. The van der Waals surface area contributed by atoms with Crippen LogP contribution in [0.25, 0.3) is 0 Å². The predicted molar refractivity (Wildman–Crippen MR) is 46.8 cm³/mol. The number of nitriles is 1. The van der Waals surface area contributed by atoms with E-state index in [-0.39, 0.29) is 18.1 Å². The van der Waals surface area contributed by atoms with Crippen LogP contribution in [-0.4, -0.2) is 36.6 Å². The number of hydrogen-bond donors (Lipinski definition) is 0. The Bertz CT molecular complexity index is 228. The van der Waals surface area contributed by atoms with Crippen molar-refractivity contribution >= 4 is 5.91 Å². The highest BCUT2D eigenvalue weighted by atomic mass is 16.5. The first-order chi connectivity index (χ1) is 6.16. The van der Waals surface area contributed by atoms with Crippen LogP contribution >= 0.6 is 0 Å². The van der Waals surface area contributed by atoms with Gasteiger partial charge in [-0.3, -0.25) is 4.79 Å². The molecule has 1 aliphatic heterocycles. The Balaban J connectivity index is 2.51. The fraction of sp³-hybridized carbons (Fsp3) is 0.778. The monoisotopic (exact) mass is 182 g/mol. The predicted octanol–water partition coefficient (Wildman–Crippen LogP) is 0.536. The third-order valence-electron chi connectivity index (χ3n) is 2.32. The standard InChI is InChI=1S/C9H14N2O2/c1-7(6-10)11(2)9(12)8-4-3-5-13-8/h7-8H,3-5H2,1-2H3. The molecule has 0 aliphatic carbocycles. The number of amides is 1. The summed E-state index contributed by atoms with van der Waals surface area (Å²) < 4.78 is 5.23. The fourth-order valence-electron chi connectivity index (χ4n) is 1.28. The van der Waals surface area contributed by atoms with Crippen LogP contribution in [0.5, 0.6) is 0 Å². The third kappa shape index (κ3) is 2.19. The fourth-order valence-corrected chi connectivity index (χ4v) is 1.28. The molecule has 1 amide bonds. The van der Waals surface area contributed by atoms with Crippen molar-refractivity contribution in [3.05, 3.63) is 0 Å². The first kappa shape index (κ1) is 10.0. The summed E-state index contributed by atoms with van der Waals surface area (Å²) in [6, 6.07) is 1.64. The highest BCUT2D eigenvalue weighted by Crippen LogP contribution is 2.14. The van der Waals surface area contributed by atoms with E-state index in [1.165, 1.54) is 4.90 Å². The molecule has 0 aromatic rings. The van der Waals surface area contributed by atoms with E-state index in [1.807, 2.05) is 6.07 Å². The molecular formula is C9H14N2O2. The number of carbonyl (C=O) groups excluding carboxylic acids is 1. The van der Waals surface area contributed by atoms with Crippen molar-refractivity contribution in [1.82, 2.24) is 4.90 Å². The molecule has 0 N–H and O–H groups in total. The molecule has 2 unspecified atom stereocenters. The van der Waals surface area contributed by atoms with E-state index < -0.39 is 0 Å². The molecule has 72 valence electrons. The summed E-state index contributed by atoms with van der Waals surface area (Å²) in [7, 11) is 1.64. The Kier molecular flexibility index (Phi) is 3.26. The van der Waals surface area contributed by atoms with Crippen LogP contribution in [0.3, 0.4) is 0 Å². The van der Waals surface area contributed by atoms with E-state index in [0.717, 1.165) is 12.8 Å². The summed E-state index contributed by atoms with van der Waals surface area (Å²) in [5.41, 5.74) is 0. The van der Waals surface area contributed by atoms with E-state index in [4.69, 9.17) is 10.00 Å². The van der Waals surface area contributed by atoms with Crippen LogP contribution in [0.1, 0.15) is 19.8 Å². The van der Waals surface area contributed by atoms with Gasteiger partial charge in [0.1, 0.15) is 12.1 Å². The highest BCUT2D eigenvalue weighted by molar-refractivity contribution is 5.81. The van der Waals surface area contributed by atoms with Gasteiger partial charge in [-0.25, -0.2) is 0 Å². The van der Waals surface area contributed by atoms with Crippen molar-refractivity contribution in [2.45, 2.75) is 31.9 Å². The summed E-state index contributed by atoms with van der Waals surface area (Å²) in [6.07, 6.45) is 1.40. The number of ether oxygens (including phenoxy) is 1. The van der Waals surface area contributed by atoms with Crippen molar-refractivity contribution in [2.75, 3.05) is 13.7 Å². The molecule has 1 rings (SSSR count). The lowest BCUT2D eigenvalue weighted by atomic mass is 10.2. The average Bonchev–Trinajstić information content (AvgIpc) is 2.67. The van der Waals surface area contributed by atoms with Gasteiger partial charge in [-0.2, -0.15) is 5.26 Å². The van der Waals surface area contributed by atoms with Gasteiger partial charge < -0.3 is 9.64 Å². The molecule has 0 saturated carbocycles. The second kappa shape index (κ2) is 4.24. The van der Waals surface area contributed by atoms with E-state index in [1.54, 1.807) is 14.0 Å². The van der Waals surface area contributed by atoms with Gasteiger partial charge in [-0.1, -0.05) is 0 Å². The zero-order valence-corrected chi connectivity index (χ0v) is 7.99. The minimum absolute atomic E-state index is 0.0773. The minimum Gasteiger partial charge on any atom is -0.368 e. The van der Waals surface area contributed by atoms with Crippen LogP contribution in [0.4, 0.5) is 0 Å². The van der Waals surface area contributed by atoms with Crippen LogP contribution in [-0.2, 0) is 9.53 Å². The second-order valence-corrected chi connectivity index (χ2v) is 3.26. The Labute approximate surface area is 78.1 Å². The van der Waals surface area contributed by atoms with Crippen molar-refractivity contribution < 1.29 is 9.53 Å². The Morgan fingerprint density at radius 1 is 1.77 bits per heavy atom. The van der Waals surface area contributed by atoms with E-state index >= 15 is 0 Å². The lowest BCUT2D eigenvalue weighted by molar-refractivity contribution is -0.140. The molecule has 13 heavy (non-hydrogen) atoms. The van der Waals surface area contributed by atoms with Crippen molar-refractivity contribution in [2.24, 2.45) is 0 Å². The smallest absolute Gasteiger partial charge is 0.252 e. The van der Waals surface area contributed by atoms with Crippen molar-refractivity contribution in [3.63, 3.8) is 0 Å². The van der Waals surface area contributed by atoms with E-state index in [9.17, 15) is 4.79 Å². The lowest BCUT2D eigenvalue weighted by Crippen LogP contribution is -2.40. The SMILES string of the molecule is CC(C#N)N(C)C(=O)C1CCCO1. The van der Waals surface area contributed by atoms with Gasteiger partial charge in [-0.05, 0) is 19.8 Å². The Morgan fingerprint density at radius 3 is 2.92 bits per heavy atom. The average molecular weight is 182 g/mol. The molecular weight excluding hydrogens is 168 g/mol. The third-order valence-corrected chi connectivity index (χ3v) is 2.32. The zero-order valence-electron chi connectivity index (χ0n) is 7.99. The van der Waals surface area contributed by atoms with Gasteiger partial charge in [0.25, 0.3) is 5.91 Å². The molecule has 0 aromatic carbocycles. The topological polar surface area (TPSA) is 53.3 Å². The maximum atomic E-state index is 11.6. The molecule has 0 spiro atoms. The lowest BCUT2D eigenvalue weighted by Gasteiger charge is -2.22. The summed E-state index contributed by atoms with van der Waals surface area (Å²) in [5, 5.41) is 8.61. The quantitative estimate of drug-likeness (QED) is 0.626. The first-order valence-electron chi connectivity index (χ1n) is 4.44. The molecule has 1 saturated heterocycles. The molecule has 0 aromatic heterocycles. The van der Waals surface area contributed by atoms with Gasteiger partial charge in [0.05, 0.1) is 6.07 Å². The molecule has 4 heteroatoms. The number of rotatable bonds is 2. The van der Waals surface area contributed by atoms with E-state index in [2.05, 4.69) is 0 Å². The minimum atomic E-state index is -0.378. The van der Waals surface area contributed by atoms with Crippen molar-refractivity contribution in [1.29, 1.82) is 5.26 Å². The maximum Gasteiger partial charge on any atom is 0.252 e. The summed E-state index contributed by atoms with van der Waals surface area (Å²) in [6.45, 7) is 2.36. The van der Waals surface area contributed by atoms with Gasteiger partial charge in [0.15, 0.2) is 0 Å². The normalized spacial score (nSPS) is 23.6. The van der Waals surface area contributed by atoms with Gasteiger partial charge in [0.2, 0.25) is 0 Å². The van der Waals surface area contributed by atoms with Gasteiger partial charge >= 0.3 is 0 Å². The van der Waals surface area contributed by atoms with Crippen LogP contribution in [0, 0.1) is 11.3 Å². The molecule has 2 atom stereocenters. The van der Waals surface area contributed by atoms with Crippen LogP contribution in [0.2, 0.25) is 0 Å². The van der Waals surface area contributed by atoms with Crippen LogP contribution in [0.15, 0.2) is 0 Å². The summed E-state index contributed by atoms with van der Waals surface area (Å²) >= 11 is 0. The molecule has 1 aliphatic rings. The Morgan fingerprint density at radius 2 is 2.46 bits per heavy atom. The largest absolute Gasteiger partial charge is 0.368 e. The van der Waals surface area contributed by atoms with Crippen molar-refractivity contribution in [3.8, 4) is 6.07 Å². The molecule has 1 heterocycles. The maximum absolute atomic E-state index is 11.6. The van der Waals surface area contributed by atoms with Crippen LogP contribution < -0.4 is 0 Å². The van der Waals surface area contributed by atoms with Gasteiger partial charge in [-0.15, -0.1) is 0 Å². The van der Waals surface area contributed by atoms with E-state index in [0.29, 0.717) is 6.61 Å². The van der Waals surface area contributed by atoms with Gasteiger partial charge in [0, 0.05) is 13.7 Å². The molecule has 4 nitrogen and oxygen atoms in total. The second-order valence-electron chi connectivity index (χ2n) is 3.26. The first-order valence-corrected chi connectivity index (χ1v) is 4.44. The molecule has 0 radical (unpaired) electrons. The summed E-state index contributed by atoms with van der Waals surface area (Å²) in [4.78, 5) is 13.0. The zero-order chi connectivity index (χ0) is 9.84. The number of hydrogen-bond acceptors (Lipinski definition) is 3. The number of carbonyl (C=O) groups is 1. The highest BCUT2D eigenvalue weighted by Gasteiger charge is 2.28.